The van der Waals surface area contributed by atoms with Crippen molar-refractivity contribution in [2.24, 2.45) is 5.92 Å². The first-order chi connectivity index (χ1) is 8.66. The average Bonchev–Trinajstić information content (AvgIpc) is 2.40. The molecule has 0 radical (unpaired) electrons. The van der Waals surface area contributed by atoms with E-state index in [0.29, 0.717) is 11.4 Å². The fourth-order valence-electron chi connectivity index (χ4n) is 2.70. The van der Waals surface area contributed by atoms with Gasteiger partial charge in [0.2, 0.25) is 5.91 Å². The molecule has 1 atom stereocenters. The summed E-state index contributed by atoms with van der Waals surface area (Å²) in [5.74, 6) is 0.399. The summed E-state index contributed by atoms with van der Waals surface area (Å²) in [6.45, 7) is 5.62. The van der Waals surface area contributed by atoms with Gasteiger partial charge in [0, 0.05) is 43.6 Å². The van der Waals surface area contributed by atoms with Crippen molar-refractivity contribution in [3.63, 3.8) is 0 Å². The van der Waals surface area contributed by atoms with Crippen LogP contribution in [0.1, 0.15) is 32.6 Å². The second kappa shape index (κ2) is 6.78. The molecule has 0 spiro atoms. The van der Waals surface area contributed by atoms with Crippen molar-refractivity contribution in [1.29, 1.82) is 0 Å². The number of ether oxygens (including phenoxy) is 1. The van der Waals surface area contributed by atoms with Crippen molar-refractivity contribution in [1.82, 2.24) is 10.2 Å². The van der Waals surface area contributed by atoms with Crippen LogP contribution in [-0.2, 0) is 9.53 Å². The Morgan fingerprint density at radius 2 is 1.89 bits per heavy atom. The molecule has 2 aliphatic heterocycles. The molecular weight excluding hydrogens is 248 g/mol. The zero-order chi connectivity index (χ0) is 13.0. The summed E-state index contributed by atoms with van der Waals surface area (Å²) >= 11 is 4.45. The number of nitrogens with zero attached hydrogens (tertiary/aromatic N) is 1. The summed E-state index contributed by atoms with van der Waals surface area (Å²) in [7, 11) is 0. The minimum Gasteiger partial charge on any atom is -0.381 e. The van der Waals surface area contributed by atoms with Crippen LogP contribution in [0.4, 0.5) is 0 Å². The van der Waals surface area contributed by atoms with Gasteiger partial charge in [0.25, 0.3) is 0 Å². The number of hydrogen-bond donors (Lipinski definition) is 2. The first kappa shape index (κ1) is 14.2. The second-order valence-electron chi connectivity index (χ2n) is 5.34. The highest BCUT2D eigenvalue weighted by Gasteiger charge is 2.26. The van der Waals surface area contributed by atoms with Crippen LogP contribution >= 0.6 is 12.6 Å². The third-order valence-electron chi connectivity index (χ3n) is 4.00. The Hall–Kier alpha value is -0.260. The Balaban J connectivity index is 1.72. The number of carbonyl (C=O) groups is 1. The summed E-state index contributed by atoms with van der Waals surface area (Å²) in [5.41, 5.74) is 0. The van der Waals surface area contributed by atoms with Gasteiger partial charge >= 0.3 is 0 Å². The lowest BCUT2D eigenvalue weighted by molar-refractivity contribution is -0.128. The van der Waals surface area contributed by atoms with Gasteiger partial charge in [0.15, 0.2) is 0 Å². The predicted octanol–water partition coefficient (Wildman–Crippen LogP) is 1.27. The number of nitrogens with one attached hydrogen (secondary N) is 1. The molecule has 1 N–H and O–H groups in total. The lowest BCUT2D eigenvalue weighted by Gasteiger charge is -2.35. The van der Waals surface area contributed by atoms with Crippen LogP contribution in [0.3, 0.4) is 0 Å². The van der Waals surface area contributed by atoms with Crippen molar-refractivity contribution in [2.45, 2.75) is 44.0 Å². The van der Waals surface area contributed by atoms with Gasteiger partial charge in [-0.15, -0.1) is 0 Å². The number of hydrogen-bond acceptors (Lipinski definition) is 4. The summed E-state index contributed by atoms with van der Waals surface area (Å²) in [4.78, 5) is 14.4. The SMILES string of the molecule is CC(S)N1CCC(NC(=O)C2CCOCC2)CC1. The molecule has 2 aliphatic rings. The van der Waals surface area contributed by atoms with Crippen molar-refractivity contribution in [3.05, 3.63) is 0 Å². The molecule has 2 heterocycles. The molecule has 4 nitrogen and oxygen atoms in total. The quantitative estimate of drug-likeness (QED) is 0.760. The fraction of sp³-hybridized carbons (Fsp3) is 0.923. The van der Waals surface area contributed by atoms with Gasteiger partial charge in [0.05, 0.1) is 0 Å². The standard InChI is InChI=1S/C13H24N2O2S/c1-10(18)15-6-2-12(3-7-15)14-13(16)11-4-8-17-9-5-11/h10-12,18H,2-9H2,1H3,(H,14,16). The van der Waals surface area contributed by atoms with E-state index in [1.54, 1.807) is 0 Å². The molecule has 0 aliphatic carbocycles. The van der Waals surface area contributed by atoms with Gasteiger partial charge < -0.3 is 10.1 Å². The molecule has 2 fully saturated rings. The Bertz CT molecular complexity index is 272. The highest BCUT2D eigenvalue weighted by molar-refractivity contribution is 7.80. The normalized spacial score (nSPS) is 25.9. The van der Waals surface area contributed by atoms with Gasteiger partial charge in [-0.2, -0.15) is 12.6 Å². The molecule has 0 bridgehead atoms. The maximum Gasteiger partial charge on any atom is 0.223 e. The zero-order valence-corrected chi connectivity index (χ0v) is 12.0. The molecule has 5 heteroatoms. The molecular formula is C13H24N2O2S. The summed E-state index contributed by atoms with van der Waals surface area (Å²) < 4.78 is 5.29. The Morgan fingerprint density at radius 1 is 1.28 bits per heavy atom. The van der Waals surface area contributed by atoms with Crippen LogP contribution in [0.5, 0.6) is 0 Å². The molecule has 1 amide bonds. The fourth-order valence-corrected chi connectivity index (χ4v) is 2.93. The molecule has 0 aromatic rings. The van der Waals surface area contributed by atoms with Crippen LogP contribution in [0.25, 0.3) is 0 Å². The first-order valence-electron chi connectivity index (χ1n) is 6.97. The zero-order valence-electron chi connectivity index (χ0n) is 11.1. The lowest BCUT2D eigenvalue weighted by Crippen LogP contribution is -2.48. The Kier molecular flexibility index (Phi) is 5.33. The molecule has 1 unspecified atom stereocenters. The number of carbonyl (C=O) groups excluding carboxylic acids is 1. The smallest absolute Gasteiger partial charge is 0.223 e. The summed E-state index contributed by atoms with van der Waals surface area (Å²) in [6.07, 6.45) is 3.83. The minimum absolute atomic E-state index is 0.167. The van der Waals surface area contributed by atoms with E-state index in [-0.39, 0.29) is 11.8 Å². The van der Waals surface area contributed by atoms with Gasteiger partial charge in [-0.05, 0) is 32.6 Å². The Morgan fingerprint density at radius 3 is 2.44 bits per heavy atom. The molecule has 0 saturated carbocycles. The van der Waals surface area contributed by atoms with E-state index >= 15 is 0 Å². The van der Waals surface area contributed by atoms with Crippen LogP contribution in [0.15, 0.2) is 0 Å². The number of rotatable bonds is 3. The number of piperidine rings is 1. The third kappa shape index (κ3) is 3.87. The van der Waals surface area contributed by atoms with E-state index in [0.717, 1.165) is 52.0 Å². The number of thiol groups is 1. The topological polar surface area (TPSA) is 41.6 Å². The van der Waals surface area contributed by atoms with Gasteiger partial charge in [-0.1, -0.05) is 0 Å². The van der Waals surface area contributed by atoms with Crippen molar-refractivity contribution in [3.8, 4) is 0 Å². The maximum absolute atomic E-state index is 12.1. The molecule has 104 valence electrons. The van der Waals surface area contributed by atoms with Crippen molar-refractivity contribution in [2.75, 3.05) is 26.3 Å². The highest BCUT2D eigenvalue weighted by Crippen LogP contribution is 2.18. The van der Waals surface area contributed by atoms with E-state index in [1.807, 2.05) is 0 Å². The third-order valence-corrected chi connectivity index (χ3v) is 4.32. The van der Waals surface area contributed by atoms with Crippen LogP contribution in [0, 0.1) is 5.92 Å². The monoisotopic (exact) mass is 272 g/mol. The van der Waals surface area contributed by atoms with Gasteiger partial charge in [-0.25, -0.2) is 0 Å². The molecule has 0 aromatic heterocycles. The number of likely N-dealkylation sites (tertiary alicyclic amines) is 1. The van der Waals surface area contributed by atoms with Crippen LogP contribution in [0.2, 0.25) is 0 Å². The van der Waals surface area contributed by atoms with E-state index in [2.05, 4.69) is 29.8 Å². The average molecular weight is 272 g/mol. The largest absolute Gasteiger partial charge is 0.381 e. The van der Waals surface area contributed by atoms with Crippen LogP contribution < -0.4 is 5.32 Å². The van der Waals surface area contributed by atoms with E-state index in [9.17, 15) is 4.79 Å². The van der Waals surface area contributed by atoms with E-state index in [4.69, 9.17) is 4.74 Å². The summed E-state index contributed by atoms with van der Waals surface area (Å²) in [6, 6.07) is 0.351. The molecule has 2 rings (SSSR count). The Labute approximate surface area is 115 Å². The molecule has 0 aromatic carbocycles. The maximum atomic E-state index is 12.1. The van der Waals surface area contributed by atoms with Crippen molar-refractivity contribution < 1.29 is 9.53 Å². The first-order valence-corrected chi connectivity index (χ1v) is 7.48. The van der Waals surface area contributed by atoms with Crippen LogP contribution in [-0.4, -0.2) is 48.5 Å². The molecule has 18 heavy (non-hydrogen) atoms. The lowest BCUT2D eigenvalue weighted by atomic mass is 9.97. The predicted molar refractivity (Wildman–Crippen MR) is 74.7 cm³/mol. The van der Waals surface area contributed by atoms with Crippen molar-refractivity contribution >= 4 is 18.5 Å². The molecule has 2 saturated heterocycles. The number of amides is 1. The van der Waals surface area contributed by atoms with Gasteiger partial charge in [0.1, 0.15) is 0 Å². The van der Waals surface area contributed by atoms with Gasteiger partial charge in [-0.3, -0.25) is 9.69 Å². The summed E-state index contributed by atoms with van der Waals surface area (Å²) in [5, 5.41) is 3.52. The van der Waals surface area contributed by atoms with E-state index in [1.165, 1.54) is 0 Å². The minimum atomic E-state index is 0.167. The van der Waals surface area contributed by atoms with E-state index < -0.39 is 0 Å². The highest BCUT2D eigenvalue weighted by atomic mass is 32.1. The second-order valence-corrected chi connectivity index (χ2v) is 6.08.